The molecular weight excluding hydrogens is 291 g/mol. The van der Waals surface area contributed by atoms with Crippen LogP contribution in [0.15, 0.2) is 16.9 Å². The van der Waals surface area contributed by atoms with E-state index in [1.807, 2.05) is 20.0 Å². The number of aryl methyl sites for hydroxylation is 3. The first-order chi connectivity index (χ1) is 6.52. The van der Waals surface area contributed by atoms with Gasteiger partial charge in [0, 0.05) is 17.7 Å². The number of imidazole rings is 1. The fraction of sp³-hybridized carbons (Fsp3) is 0.300. The van der Waals surface area contributed by atoms with Crippen molar-refractivity contribution in [1.29, 1.82) is 0 Å². The van der Waals surface area contributed by atoms with Gasteiger partial charge >= 0.3 is 5.69 Å². The van der Waals surface area contributed by atoms with Gasteiger partial charge in [-0.15, -0.1) is 0 Å². The summed E-state index contributed by atoms with van der Waals surface area (Å²) in [6.45, 7) is 2.03. The summed E-state index contributed by atoms with van der Waals surface area (Å²) in [7, 11) is 3.62. The van der Waals surface area contributed by atoms with Gasteiger partial charge in [0.1, 0.15) is 0 Å². The Labute approximate surface area is 95.5 Å². The van der Waals surface area contributed by atoms with E-state index in [9.17, 15) is 4.79 Å². The lowest BCUT2D eigenvalue weighted by atomic mass is 10.2. The van der Waals surface area contributed by atoms with E-state index < -0.39 is 0 Å². The van der Waals surface area contributed by atoms with E-state index in [0.717, 1.165) is 20.2 Å². The van der Waals surface area contributed by atoms with Crippen LogP contribution in [-0.4, -0.2) is 9.13 Å². The molecule has 0 saturated heterocycles. The predicted molar refractivity (Wildman–Crippen MR) is 65.6 cm³/mol. The van der Waals surface area contributed by atoms with E-state index in [1.54, 1.807) is 16.2 Å². The monoisotopic (exact) mass is 302 g/mol. The van der Waals surface area contributed by atoms with Crippen molar-refractivity contribution in [2.75, 3.05) is 0 Å². The van der Waals surface area contributed by atoms with Crippen LogP contribution in [0.3, 0.4) is 0 Å². The van der Waals surface area contributed by atoms with E-state index in [1.165, 1.54) is 0 Å². The maximum absolute atomic E-state index is 11.7. The number of aromatic nitrogens is 2. The van der Waals surface area contributed by atoms with Crippen LogP contribution >= 0.6 is 22.6 Å². The summed E-state index contributed by atoms with van der Waals surface area (Å²) in [5.74, 6) is 0. The summed E-state index contributed by atoms with van der Waals surface area (Å²) >= 11 is 2.27. The maximum atomic E-state index is 11.7. The van der Waals surface area contributed by atoms with Gasteiger partial charge in [0.15, 0.2) is 0 Å². The zero-order valence-corrected chi connectivity index (χ0v) is 10.5. The van der Waals surface area contributed by atoms with Crippen molar-refractivity contribution in [3.05, 3.63) is 31.8 Å². The highest BCUT2D eigenvalue weighted by atomic mass is 127. The molecule has 0 fully saturated rings. The lowest BCUT2D eigenvalue weighted by Gasteiger charge is -2.00. The number of rotatable bonds is 0. The molecule has 0 saturated carbocycles. The molecule has 2 rings (SSSR count). The first kappa shape index (κ1) is 9.76. The quantitative estimate of drug-likeness (QED) is 0.682. The van der Waals surface area contributed by atoms with Crippen LogP contribution < -0.4 is 5.69 Å². The van der Waals surface area contributed by atoms with Gasteiger partial charge < -0.3 is 0 Å². The summed E-state index contributed by atoms with van der Waals surface area (Å²) in [5.41, 5.74) is 3.21. The Hall–Kier alpha value is -0.780. The van der Waals surface area contributed by atoms with Crippen LogP contribution in [0.1, 0.15) is 5.56 Å². The van der Waals surface area contributed by atoms with Crippen molar-refractivity contribution in [3.8, 4) is 0 Å². The van der Waals surface area contributed by atoms with Crippen molar-refractivity contribution in [1.82, 2.24) is 9.13 Å². The summed E-state index contributed by atoms with van der Waals surface area (Å²) in [5, 5.41) is 0. The third kappa shape index (κ3) is 1.20. The minimum absolute atomic E-state index is 0.0325. The number of benzene rings is 1. The molecule has 0 amide bonds. The highest BCUT2D eigenvalue weighted by Gasteiger charge is 2.10. The minimum atomic E-state index is 0.0325. The molecule has 3 nitrogen and oxygen atoms in total. The van der Waals surface area contributed by atoms with Gasteiger partial charge in [-0.3, -0.25) is 9.13 Å². The van der Waals surface area contributed by atoms with Gasteiger partial charge in [-0.1, -0.05) is 0 Å². The normalized spacial score (nSPS) is 11.1. The first-order valence-electron chi connectivity index (χ1n) is 4.34. The maximum Gasteiger partial charge on any atom is 0.328 e. The third-order valence-electron chi connectivity index (χ3n) is 2.52. The first-order valence-corrected chi connectivity index (χ1v) is 5.42. The molecule has 4 heteroatoms. The molecule has 1 aromatic carbocycles. The number of hydrogen-bond donors (Lipinski definition) is 0. The van der Waals surface area contributed by atoms with Crippen molar-refractivity contribution < 1.29 is 0 Å². The van der Waals surface area contributed by atoms with Gasteiger partial charge in [0.05, 0.1) is 11.0 Å². The summed E-state index contributed by atoms with van der Waals surface area (Å²) in [4.78, 5) is 11.7. The van der Waals surface area contributed by atoms with Crippen molar-refractivity contribution in [3.63, 3.8) is 0 Å². The SMILES string of the molecule is Cc1cc(I)cc2c1n(C)c(=O)n2C. The summed E-state index contributed by atoms with van der Waals surface area (Å²) < 4.78 is 4.54. The Morgan fingerprint density at radius 3 is 2.50 bits per heavy atom. The van der Waals surface area contributed by atoms with Gasteiger partial charge in [-0.25, -0.2) is 4.79 Å². The molecule has 0 aliphatic heterocycles. The predicted octanol–water partition coefficient (Wildman–Crippen LogP) is 1.79. The second kappa shape index (κ2) is 3.12. The van der Waals surface area contributed by atoms with Crippen LogP contribution in [0, 0.1) is 10.5 Å². The van der Waals surface area contributed by atoms with E-state index in [4.69, 9.17) is 0 Å². The van der Waals surface area contributed by atoms with Gasteiger partial charge in [0.25, 0.3) is 0 Å². The Bertz CT molecular complexity index is 565. The lowest BCUT2D eigenvalue weighted by molar-refractivity contribution is 0.794. The van der Waals surface area contributed by atoms with Gasteiger partial charge in [0.2, 0.25) is 0 Å². The molecule has 14 heavy (non-hydrogen) atoms. The number of fused-ring (bicyclic) bond motifs is 1. The Morgan fingerprint density at radius 1 is 1.21 bits per heavy atom. The Kier molecular flexibility index (Phi) is 2.17. The zero-order valence-electron chi connectivity index (χ0n) is 8.34. The minimum Gasteiger partial charge on any atom is -0.295 e. The molecule has 2 aromatic rings. The highest BCUT2D eigenvalue weighted by molar-refractivity contribution is 14.1. The fourth-order valence-corrected chi connectivity index (χ4v) is 2.60. The molecular formula is C10H11IN2O. The Balaban J connectivity index is 3.10. The summed E-state index contributed by atoms with van der Waals surface area (Å²) in [6, 6.07) is 4.12. The van der Waals surface area contributed by atoms with Crippen LogP contribution in [0.5, 0.6) is 0 Å². The largest absolute Gasteiger partial charge is 0.328 e. The molecule has 74 valence electrons. The topological polar surface area (TPSA) is 26.9 Å². The van der Waals surface area contributed by atoms with E-state index in [-0.39, 0.29) is 5.69 Å². The van der Waals surface area contributed by atoms with Crippen LogP contribution in [0.4, 0.5) is 0 Å². The van der Waals surface area contributed by atoms with Crippen LogP contribution in [-0.2, 0) is 14.1 Å². The molecule has 0 aliphatic carbocycles. The van der Waals surface area contributed by atoms with Crippen molar-refractivity contribution in [2.24, 2.45) is 14.1 Å². The lowest BCUT2D eigenvalue weighted by Crippen LogP contribution is -2.19. The Morgan fingerprint density at radius 2 is 1.86 bits per heavy atom. The highest BCUT2D eigenvalue weighted by Crippen LogP contribution is 2.19. The van der Waals surface area contributed by atoms with E-state index >= 15 is 0 Å². The molecule has 1 heterocycles. The molecule has 0 spiro atoms. The van der Waals surface area contributed by atoms with Crippen LogP contribution in [0.25, 0.3) is 11.0 Å². The molecule has 0 bridgehead atoms. The standard InChI is InChI=1S/C10H11IN2O/c1-6-4-7(11)5-8-9(6)13(3)10(14)12(8)2/h4-5H,1-3H3. The number of hydrogen-bond acceptors (Lipinski definition) is 1. The molecule has 0 N–H and O–H groups in total. The molecule has 0 atom stereocenters. The molecule has 0 aliphatic rings. The molecule has 0 radical (unpaired) electrons. The van der Waals surface area contributed by atoms with E-state index in [2.05, 4.69) is 28.7 Å². The average molecular weight is 302 g/mol. The second-order valence-electron chi connectivity index (χ2n) is 3.49. The third-order valence-corrected chi connectivity index (χ3v) is 3.14. The zero-order chi connectivity index (χ0) is 10.5. The number of nitrogens with zero attached hydrogens (tertiary/aromatic N) is 2. The fourth-order valence-electron chi connectivity index (χ4n) is 1.83. The molecule has 0 unspecified atom stereocenters. The van der Waals surface area contributed by atoms with Gasteiger partial charge in [-0.2, -0.15) is 0 Å². The van der Waals surface area contributed by atoms with Crippen LogP contribution in [0.2, 0.25) is 0 Å². The number of halogens is 1. The second-order valence-corrected chi connectivity index (χ2v) is 4.74. The summed E-state index contributed by atoms with van der Waals surface area (Å²) in [6.07, 6.45) is 0. The van der Waals surface area contributed by atoms with E-state index in [0.29, 0.717) is 0 Å². The smallest absolute Gasteiger partial charge is 0.295 e. The molecule has 1 aromatic heterocycles. The van der Waals surface area contributed by atoms with Gasteiger partial charge in [-0.05, 0) is 47.2 Å². The average Bonchev–Trinajstić information content (AvgIpc) is 2.31. The van der Waals surface area contributed by atoms with Crippen molar-refractivity contribution in [2.45, 2.75) is 6.92 Å². The van der Waals surface area contributed by atoms with Crippen molar-refractivity contribution >= 4 is 33.6 Å².